The Morgan fingerprint density at radius 1 is 1.14 bits per heavy atom. The summed E-state index contributed by atoms with van der Waals surface area (Å²) in [5.41, 5.74) is -5.33. The fraction of sp³-hybridized carbons (Fsp3) is 0.588. The van der Waals surface area contributed by atoms with E-state index in [0.29, 0.717) is 18.4 Å². The van der Waals surface area contributed by atoms with Gasteiger partial charge in [0.15, 0.2) is 22.8 Å². The molecule has 3 saturated carbocycles. The number of aliphatic hydroxyl groups excluding tert-OH is 1. The minimum absolute atomic E-state index is 0.000465. The molecular weight excluding hydrogens is 574 g/mol. The third kappa shape index (κ3) is 3.99. The molecule has 0 saturated heterocycles. The number of hydrogen-bond donors (Lipinski definition) is 1. The molecule has 0 radical (unpaired) electrons. The number of halogens is 2. The first-order chi connectivity index (χ1) is 20.2. The Balaban J connectivity index is 1.41. The van der Waals surface area contributed by atoms with Crippen LogP contribution in [0.1, 0.15) is 75.7 Å². The number of esters is 1. The SMILES string of the molecule is CCC(=O)O[C@]1(C(=O)S[C@H]2CCc3ccccc3C2=O)[C@H](C)CC2C3C[C@H](F)C4=CC(=O)C=C[C@]4(C)[C@@]3(F)[C@@H](O)CC21C. The van der Waals surface area contributed by atoms with Crippen LogP contribution in [-0.2, 0) is 25.5 Å². The third-order valence-corrected chi connectivity index (χ3v) is 12.8. The minimum atomic E-state index is -2.31. The zero-order valence-electron chi connectivity index (χ0n) is 24.9. The van der Waals surface area contributed by atoms with Crippen LogP contribution in [-0.4, -0.2) is 56.6 Å². The number of allylic oxidation sites excluding steroid dienone is 4. The van der Waals surface area contributed by atoms with Gasteiger partial charge < -0.3 is 9.84 Å². The van der Waals surface area contributed by atoms with Crippen molar-refractivity contribution in [1.82, 2.24) is 0 Å². The van der Waals surface area contributed by atoms with E-state index < -0.39 is 74.2 Å². The minimum Gasteiger partial charge on any atom is -0.449 e. The molecule has 9 heteroatoms. The lowest BCUT2D eigenvalue weighted by Crippen LogP contribution is -2.70. The van der Waals surface area contributed by atoms with E-state index in [-0.39, 0.29) is 37.0 Å². The summed E-state index contributed by atoms with van der Waals surface area (Å²) in [5, 5.41) is 10.6. The van der Waals surface area contributed by atoms with E-state index in [1.165, 1.54) is 19.1 Å². The average molecular weight is 613 g/mol. The standard InChI is InChI=1S/C34H38F2O6S/c1-5-28(39)42-34(30(41)43-26-11-10-19-8-6-7-9-21(19)29(26)40)18(2)14-22-23-16-25(35)24-15-20(37)12-13-31(24,3)33(23,36)27(38)17-32(22,34)4/h6-9,12-13,15,18,22-23,25-27,38H,5,10-11,14,16-17H2,1-4H3/t18-,22?,23?,25+,26+,27+,31+,32?,33+,34+/m1/s1. The highest BCUT2D eigenvalue weighted by molar-refractivity contribution is 8.15. The highest BCUT2D eigenvalue weighted by Gasteiger charge is 2.78. The van der Waals surface area contributed by atoms with Crippen molar-refractivity contribution in [3.05, 3.63) is 59.2 Å². The first kappa shape index (κ1) is 30.4. The van der Waals surface area contributed by atoms with E-state index in [1.807, 2.05) is 12.1 Å². The molecule has 6 nitrogen and oxygen atoms in total. The molecule has 1 aromatic carbocycles. The first-order valence-corrected chi connectivity index (χ1v) is 16.1. The predicted molar refractivity (Wildman–Crippen MR) is 158 cm³/mol. The topological polar surface area (TPSA) is 97.7 Å². The van der Waals surface area contributed by atoms with Gasteiger partial charge in [0.1, 0.15) is 6.17 Å². The number of rotatable bonds is 4. The number of carbonyl (C=O) groups is 4. The number of aliphatic hydroxyl groups is 1. The second kappa shape index (κ2) is 10.2. The van der Waals surface area contributed by atoms with Gasteiger partial charge in [0, 0.05) is 34.7 Å². The molecule has 6 rings (SSSR count). The highest BCUT2D eigenvalue weighted by Crippen LogP contribution is 2.72. The lowest BCUT2D eigenvalue weighted by atomic mass is 9.44. The van der Waals surface area contributed by atoms with Crippen LogP contribution in [0.3, 0.4) is 0 Å². The monoisotopic (exact) mass is 612 g/mol. The number of carbonyl (C=O) groups excluding carboxylic acids is 4. The lowest BCUT2D eigenvalue weighted by molar-refractivity contribution is -0.228. The summed E-state index contributed by atoms with van der Waals surface area (Å²) in [4.78, 5) is 53.2. The summed E-state index contributed by atoms with van der Waals surface area (Å²) >= 11 is 0.874. The molecule has 5 aliphatic rings. The number of ether oxygens (including phenoxy) is 1. The molecule has 1 N–H and O–H groups in total. The summed E-state index contributed by atoms with van der Waals surface area (Å²) in [6.45, 7) is 6.70. The predicted octanol–water partition coefficient (Wildman–Crippen LogP) is 5.70. The summed E-state index contributed by atoms with van der Waals surface area (Å²) in [7, 11) is 0. The molecule has 0 heterocycles. The Bertz CT molecular complexity index is 1470. The van der Waals surface area contributed by atoms with Gasteiger partial charge in [-0.25, -0.2) is 8.78 Å². The maximum atomic E-state index is 17.7. The second-order valence-corrected chi connectivity index (χ2v) is 14.7. The van der Waals surface area contributed by atoms with Crippen molar-refractivity contribution < 1.29 is 37.8 Å². The molecule has 5 aliphatic carbocycles. The van der Waals surface area contributed by atoms with Gasteiger partial charge in [0.2, 0.25) is 5.12 Å². The molecule has 3 unspecified atom stereocenters. The van der Waals surface area contributed by atoms with E-state index in [1.54, 1.807) is 32.9 Å². The number of Topliss-reactive ketones (excluding diaryl/α,β-unsaturated/α-hetero) is 1. The number of hydrogen-bond acceptors (Lipinski definition) is 7. The van der Waals surface area contributed by atoms with Gasteiger partial charge in [0.25, 0.3) is 0 Å². The van der Waals surface area contributed by atoms with Crippen LogP contribution in [0, 0.1) is 28.6 Å². The van der Waals surface area contributed by atoms with E-state index in [4.69, 9.17) is 4.74 Å². The van der Waals surface area contributed by atoms with E-state index in [0.717, 1.165) is 23.4 Å². The van der Waals surface area contributed by atoms with Gasteiger partial charge in [-0.15, -0.1) is 0 Å². The number of thioether (sulfide) groups is 1. The van der Waals surface area contributed by atoms with Crippen molar-refractivity contribution >= 4 is 34.4 Å². The van der Waals surface area contributed by atoms with Crippen LogP contribution >= 0.6 is 11.8 Å². The van der Waals surface area contributed by atoms with Crippen LogP contribution in [0.2, 0.25) is 0 Å². The van der Waals surface area contributed by atoms with Crippen LogP contribution in [0.25, 0.3) is 0 Å². The van der Waals surface area contributed by atoms with Crippen LogP contribution < -0.4 is 0 Å². The second-order valence-electron chi connectivity index (χ2n) is 13.5. The summed E-state index contributed by atoms with van der Waals surface area (Å²) in [5.74, 6) is -3.39. The Hall–Kier alpha value is -2.65. The summed E-state index contributed by atoms with van der Waals surface area (Å²) in [6.07, 6.45) is 1.37. The fourth-order valence-corrected chi connectivity index (χ4v) is 10.7. The van der Waals surface area contributed by atoms with Crippen LogP contribution in [0.15, 0.2) is 48.1 Å². The van der Waals surface area contributed by atoms with E-state index >= 15 is 8.78 Å². The molecule has 43 heavy (non-hydrogen) atoms. The van der Waals surface area contributed by atoms with Crippen LogP contribution in [0.4, 0.5) is 8.78 Å². The molecule has 230 valence electrons. The molecule has 10 atom stereocenters. The van der Waals surface area contributed by atoms with Crippen molar-refractivity contribution in [2.24, 2.45) is 28.6 Å². The molecule has 0 bridgehead atoms. The maximum Gasteiger partial charge on any atom is 0.306 e. The third-order valence-electron chi connectivity index (χ3n) is 11.5. The van der Waals surface area contributed by atoms with E-state index in [9.17, 15) is 24.3 Å². The molecule has 1 aromatic rings. The number of alkyl halides is 2. The fourth-order valence-electron chi connectivity index (χ4n) is 9.37. The number of ketones is 2. The van der Waals surface area contributed by atoms with Crippen molar-refractivity contribution in [2.75, 3.05) is 0 Å². The summed E-state index contributed by atoms with van der Waals surface area (Å²) in [6, 6.07) is 7.31. The molecule has 0 aliphatic heterocycles. The maximum absolute atomic E-state index is 17.7. The zero-order valence-corrected chi connectivity index (χ0v) is 25.7. The quantitative estimate of drug-likeness (QED) is 0.436. The lowest BCUT2D eigenvalue weighted by Gasteiger charge is -2.63. The van der Waals surface area contributed by atoms with Gasteiger partial charge in [-0.05, 0) is 68.2 Å². The highest BCUT2D eigenvalue weighted by atomic mass is 32.2. The molecule has 0 aromatic heterocycles. The van der Waals surface area contributed by atoms with Crippen molar-refractivity contribution in [3.63, 3.8) is 0 Å². The zero-order chi connectivity index (χ0) is 31.1. The van der Waals surface area contributed by atoms with Crippen LogP contribution in [0.5, 0.6) is 0 Å². The van der Waals surface area contributed by atoms with Gasteiger partial charge in [-0.2, -0.15) is 0 Å². The van der Waals surface area contributed by atoms with Gasteiger partial charge in [0.05, 0.1) is 11.4 Å². The average Bonchev–Trinajstić information content (AvgIpc) is 3.19. The number of aryl methyl sites for hydroxylation is 1. The normalized spacial score (nSPS) is 43.2. The molecular formula is C34H38F2O6S. The smallest absolute Gasteiger partial charge is 0.306 e. The van der Waals surface area contributed by atoms with E-state index in [2.05, 4.69) is 0 Å². The Morgan fingerprint density at radius 2 is 1.86 bits per heavy atom. The Kier molecular flexibility index (Phi) is 7.20. The largest absolute Gasteiger partial charge is 0.449 e. The molecule has 0 amide bonds. The van der Waals surface area contributed by atoms with Crippen molar-refractivity contribution in [2.45, 2.75) is 95.0 Å². The number of benzene rings is 1. The number of fused-ring (bicyclic) bond motifs is 6. The van der Waals surface area contributed by atoms with Crippen molar-refractivity contribution in [1.29, 1.82) is 0 Å². The summed E-state index contributed by atoms with van der Waals surface area (Å²) < 4.78 is 39.7. The van der Waals surface area contributed by atoms with Gasteiger partial charge >= 0.3 is 5.97 Å². The van der Waals surface area contributed by atoms with Gasteiger partial charge in [-0.3, -0.25) is 19.2 Å². The Morgan fingerprint density at radius 3 is 2.58 bits per heavy atom. The molecule has 0 spiro atoms. The van der Waals surface area contributed by atoms with Gasteiger partial charge in [-0.1, -0.05) is 62.9 Å². The molecule has 3 fully saturated rings. The first-order valence-electron chi connectivity index (χ1n) is 15.3. The Labute approximate surface area is 254 Å². The van der Waals surface area contributed by atoms with Crippen molar-refractivity contribution in [3.8, 4) is 0 Å².